The van der Waals surface area contributed by atoms with Crippen LogP contribution in [0.4, 0.5) is 22.0 Å². The van der Waals surface area contributed by atoms with Crippen LogP contribution in [-0.2, 0) is 12.8 Å². The van der Waals surface area contributed by atoms with Gasteiger partial charge in [-0.05, 0) is 54.0 Å². The molecular weight excluding hydrogens is 335 g/mol. The fourth-order valence-electron chi connectivity index (χ4n) is 3.61. The molecule has 1 atom stereocenters. The zero-order valence-electron chi connectivity index (χ0n) is 13.9. The Kier molecular flexibility index (Phi) is 5.11. The molecule has 134 valence electrons. The van der Waals surface area contributed by atoms with E-state index in [0.717, 1.165) is 31.4 Å². The van der Waals surface area contributed by atoms with E-state index in [0.29, 0.717) is 25.3 Å². The smallest absolute Gasteiger partial charge is 0.169 e. The molecule has 0 radical (unpaired) electrons. The first-order valence-electron chi connectivity index (χ1n) is 8.57. The first-order valence-corrected chi connectivity index (χ1v) is 8.57. The second kappa shape index (κ2) is 7.14. The second-order valence-corrected chi connectivity index (χ2v) is 6.65. The first-order chi connectivity index (χ1) is 11.9. The summed E-state index contributed by atoms with van der Waals surface area (Å²) in [5.41, 5.74) is -0.578. The molecule has 0 heterocycles. The minimum absolute atomic E-state index is 0.0914. The molecule has 0 amide bonds. The minimum atomic E-state index is -1.33. The van der Waals surface area contributed by atoms with E-state index in [1.165, 1.54) is 0 Å². The average molecular weight is 354 g/mol. The summed E-state index contributed by atoms with van der Waals surface area (Å²) in [6, 6.07) is 2.52. The summed E-state index contributed by atoms with van der Waals surface area (Å²) in [6.07, 6.45) is 4.27. The standard InChI is InChI=1S/C20H19F5/c1-2-3-4-11-5-7-13-14(9-11)19(24)20(25)17(18(13)23)12-6-8-15(21)16(22)10-12/h6,8,10-11H,2-5,7,9H2,1H3. The van der Waals surface area contributed by atoms with E-state index in [4.69, 9.17) is 0 Å². The second-order valence-electron chi connectivity index (χ2n) is 6.65. The summed E-state index contributed by atoms with van der Waals surface area (Å²) in [5, 5.41) is 0. The van der Waals surface area contributed by atoms with Gasteiger partial charge in [-0.2, -0.15) is 0 Å². The van der Waals surface area contributed by atoms with Crippen molar-refractivity contribution in [3.8, 4) is 11.1 Å². The van der Waals surface area contributed by atoms with Gasteiger partial charge < -0.3 is 0 Å². The molecule has 0 saturated heterocycles. The number of rotatable bonds is 4. The molecule has 1 unspecified atom stereocenters. The van der Waals surface area contributed by atoms with Crippen molar-refractivity contribution in [3.05, 3.63) is 58.4 Å². The highest BCUT2D eigenvalue weighted by atomic mass is 19.2. The van der Waals surface area contributed by atoms with Crippen molar-refractivity contribution in [2.24, 2.45) is 5.92 Å². The third-order valence-corrected chi connectivity index (χ3v) is 5.00. The Bertz CT molecular complexity index is 797. The molecule has 2 aromatic rings. The number of fused-ring (bicyclic) bond motifs is 1. The average Bonchev–Trinajstić information content (AvgIpc) is 2.61. The van der Waals surface area contributed by atoms with Gasteiger partial charge in [0.2, 0.25) is 0 Å². The lowest BCUT2D eigenvalue weighted by atomic mass is 9.79. The van der Waals surface area contributed by atoms with E-state index in [9.17, 15) is 22.0 Å². The normalized spacial score (nSPS) is 16.8. The molecule has 25 heavy (non-hydrogen) atoms. The van der Waals surface area contributed by atoms with Crippen LogP contribution in [0.5, 0.6) is 0 Å². The van der Waals surface area contributed by atoms with E-state index in [1.807, 2.05) is 0 Å². The molecule has 1 aliphatic rings. The van der Waals surface area contributed by atoms with Crippen molar-refractivity contribution in [2.45, 2.75) is 45.4 Å². The maximum Gasteiger partial charge on any atom is 0.169 e. The molecule has 0 nitrogen and oxygen atoms in total. The molecule has 0 fully saturated rings. The van der Waals surface area contributed by atoms with Gasteiger partial charge in [0, 0.05) is 0 Å². The molecule has 0 N–H and O–H groups in total. The van der Waals surface area contributed by atoms with E-state index >= 15 is 0 Å². The first kappa shape index (κ1) is 17.9. The molecule has 1 aliphatic carbocycles. The lowest BCUT2D eigenvalue weighted by Gasteiger charge is -2.26. The van der Waals surface area contributed by atoms with Gasteiger partial charge in [0.15, 0.2) is 23.3 Å². The van der Waals surface area contributed by atoms with Gasteiger partial charge >= 0.3 is 0 Å². The maximum absolute atomic E-state index is 14.9. The van der Waals surface area contributed by atoms with Gasteiger partial charge in [-0.1, -0.05) is 32.3 Å². The minimum Gasteiger partial charge on any atom is -0.206 e. The van der Waals surface area contributed by atoms with Gasteiger partial charge in [-0.25, -0.2) is 22.0 Å². The number of halogens is 5. The van der Waals surface area contributed by atoms with Gasteiger partial charge in [-0.3, -0.25) is 0 Å². The molecule has 0 saturated carbocycles. The topological polar surface area (TPSA) is 0 Å². The molecule has 0 aromatic heterocycles. The lowest BCUT2D eigenvalue weighted by molar-refractivity contribution is 0.385. The van der Waals surface area contributed by atoms with Crippen LogP contribution in [0, 0.1) is 35.0 Å². The maximum atomic E-state index is 14.9. The van der Waals surface area contributed by atoms with E-state index in [-0.39, 0.29) is 22.6 Å². The van der Waals surface area contributed by atoms with E-state index < -0.39 is 34.6 Å². The van der Waals surface area contributed by atoms with Gasteiger partial charge in [0.1, 0.15) is 5.82 Å². The number of hydrogen-bond acceptors (Lipinski definition) is 0. The summed E-state index contributed by atoms with van der Waals surface area (Å²) in [6.45, 7) is 2.06. The molecule has 0 bridgehead atoms. The summed E-state index contributed by atoms with van der Waals surface area (Å²) in [7, 11) is 0. The van der Waals surface area contributed by atoms with Crippen molar-refractivity contribution in [3.63, 3.8) is 0 Å². The number of unbranched alkanes of at least 4 members (excludes halogenated alkanes) is 1. The summed E-state index contributed by atoms with van der Waals surface area (Å²) in [5.74, 6) is -5.41. The molecule has 3 rings (SSSR count). The van der Waals surface area contributed by atoms with Crippen LogP contribution < -0.4 is 0 Å². The highest BCUT2D eigenvalue weighted by Crippen LogP contribution is 2.38. The van der Waals surface area contributed by atoms with Crippen LogP contribution in [0.3, 0.4) is 0 Å². The van der Waals surface area contributed by atoms with Gasteiger partial charge in [0.05, 0.1) is 5.56 Å². The van der Waals surface area contributed by atoms with Crippen LogP contribution in [0.25, 0.3) is 11.1 Å². The quantitative estimate of drug-likeness (QED) is 0.444. The Morgan fingerprint density at radius 3 is 2.36 bits per heavy atom. The Balaban J connectivity index is 2.06. The summed E-state index contributed by atoms with van der Waals surface area (Å²) in [4.78, 5) is 0. The van der Waals surface area contributed by atoms with Crippen molar-refractivity contribution >= 4 is 0 Å². The largest absolute Gasteiger partial charge is 0.206 e. The monoisotopic (exact) mass is 354 g/mol. The van der Waals surface area contributed by atoms with Crippen molar-refractivity contribution in [1.29, 1.82) is 0 Å². The third kappa shape index (κ3) is 3.29. The highest BCUT2D eigenvalue weighted by Gasteiger charge is 2.30. The van der Waals surface area contributed by atoms with E-state index in [1.54, 1.807) is 0 Å². The zero-order valence-corrected chi connectivity index (χ0v) is 13.9. The van der Waals surface area contributed by atoms with Crippen molar-refractivity contribution in [1.82, 2.24) is 0 Å². The number of hydrogen-bond donors (Lipinski definition) is 0. The molecule has 0 spiro atoms. The van der Waals surface area contributed by atoms with E-state index in [2.05, 4.69) is 6.92 Å². The SMILES string of the molecule is CCCCC1CCc2c(F)c(-c3ccc(F)c(F)c3)c(F)c(F)c2C1. The molecule has 2 aromatic carbocycles. The Hall–Kier alpha value is -1.91. The van der Waals surface area contributed by atoms with Crippen LogP contribution in [0.15, 0.2) is 18.2 Å². The molecule has 0 aliphatic heterocycles. The van der Waals surface area contributed by atoms with Crippen LogP contribution in [0.1, 0.15) is 43.7 Å². The third-order valence-electron chi connectivity index (χ3n) is 5.00. The summed E-state index contributed by atoms with van der Waals surface area (Å²) < 4.78 is 70.5. The Morgan fingerprint density at radius 1 is 0.920 bits per heavy atom. The fourth-order valence-corrected chi connectivity index (χ4v) is 3.61. The number of benzene rings is 2. The fraction of sp³-hybridized carbons (Fsp3) is 0.400. The van der Waals surface area contributed by atoms with Gasteiger partial charge in [0.25, 0.3) is 0 Å². The van der Waals surface area contributed by atoms with Gasteiger partial charge in [-0.15, -0.1) is 0 Å². The van der Waals surface area contributed by atoms with Crippen LogP contribution >= 0.6 is 0 Å². The Morgan fingerprint density at radius 2 is 1.68 bits per heavy atom. The predicted molar refractivity (Wildman–Crippen MR) is 86.7 cm³/mol. The highest BCUT2D eigenvalue weighted by molar-refractivity contribution is 5.67. The van der Waals surface area contributed by atoms with Crippen LogP contribution in [-0.4, -0.2) is 0 Å². The van der Waals surface area contributed by atoms with Crippen molar-refractivity contribution in [2.75, 3.05) is 0 Å². The molecule has 5 heteroatoms. The van der Waals surface area contributed by atoms with Crippen LogP contribution in [0.2, 0.25) is 0 Å². The lowest BCUT2D eigenvalue weighted by Crippen LogP contribution is -2.19. The summed E-state index contributed by atoms with van der Waals surface area (Å²) >= 11 is 0. The van der Waals surface area contributed by atoms with Crippen molar-refractivity contribution < 1.29 is 22.0 Å². The molecular formula is C20H19F5. The predicted octanol–water partition coefficient (Wildman–Crippen LogP) is 6.34. The Labute approximate surface area is 143 Å². The zero-order chi connectivity index (χ0) is 18.1.